The average molecular weight is 255 g/mol. The molecule has 0 unspecified atom stereocenters. The minimum Gasteiger partial charge on any atom is -0.276 e. The molecule has 1 nitrogen and oxygen atoms in total. The lowest BCUT2D eigenvalue weighted by molar-refractivity contribution is -0.137. The van der Waals surface area contributed by atoms with Crippen molar-refractivity contribution in [1.29, 1.82) is 0 Å². The van der Waals surface area contributed by atoms with Gasteiger partial charge < -0.3 is 0 Å². The maximum atomic E-state index is 12.3. The van der Waals surface area contributed by atoms with E-state index in [0.717, 1.165) is 30.0 Å². The molecule has 6 heteroatoms. The largest absolute Gasteiger partial charge is 0.416 e. The van der Waals surface area contributed by atoms with Gasteiger partial charge in [0, 0.05) is 10.5 Å². The number of thioether (sulfide) groups is 1. The van der Waals surface area contributed by atoms with Crippen LogP contribution in [0.2, 0.25) is 0 Å². The molecule has 0 spiro atoms. The molecular weight excluding hydrogens is 249 g/mol. The molecule has 82 valence electrons. The summed E-state index contributed by atoms with van der Waals surface area (Å²) in [4.78, 5) is 11.1. The Morgan fingerprint density at radius 1 is 1.40 bits per heavy atom. The first-order valence-electron chi connectivity index (χ1n) is 3.81. The number of rotatable bonds is 2. The number of benzene rings is 1. The van der Waals surface area contributed by atoms with Crippen LogP contribution < -0.4 is 0 Å². The smallest absolute Gasteiger partial charge is 0.276 e. The maximum Gasteiger partial charge on any atom is 0.416 e. The Morgan fingerprint density at radius 3 is 2.40 bits per heavy atom. The highest BCUT2D eigenvalue weighted by Gasteiger charge is 2.31. The minimum atomic E-state index is -4.40. The van der Waals surface area contributed by atoms with E-state index >= 15 is 0 Å². The van der Waals surface area contributed by atoms with Gasteiger partial charge in [0.05, 0.1) is 5.56 Å². The Balaban J connectivity index is 3.25. The van der Waals surface area contributed by atoms with Crippen molar-refractivity contribution < 1.29 is 18.0 Å². The van der Waals surface area contributed by atoms with Crippen molar-refractivity contribution in [2.45, 2.75) is 11.1 Å². The van der Waals surface area contributed by atoms with Gasteiger partial charge >= 0.3 is 6.18 Å². The summed E-state index contributed by atoms with van der Waals surface area (Å²) in [7, 11) is 0. The van der Waals surface area contributed by atoms with E-state index in [0.29, 0.717) is 0 Å². The van der Waals surface area contributed by atoms with E-state index in [9.17, 15) is 18.0 Å². The van der Waals surface area contributed by atoms with Gasteiger partial charge in [-0.2, -0.15) is 13.2 Å². The fourth-order valence-corrected chi connectivity index (χ4v) is 1.88. The zero-order chi connectivity index (χ0) is 11.6. The minimum absolute atomic E-state index is 0.0946. The number of alkyl halides is 3. The average Bonchev–Trinajstić information content (AvgIpc) is 2.15. The summed E-state index contributed by atoms with van der Waals surface area (Å²) >= 11 is 6.27. The van der Waals surface area contributed by atoms with E-state index < -0.39 is 17.0 Å². The second-order valence-electron chi connectivity index (χ2n) is 2.69. The summed E-state index contributed by atoms with van der Waals surface area (Å²) in [6, 6.07) is 2.85. The van der Waals surface area contributed by atoms with Gasteiger partial charge in [0.1, 0.15) is 0 Å². The van der Waals surface area contributed by atoms with Crippen molar-refractivity contribution in [1.82, 2.24) is 0 Å². The molecule has 0 aliphatic heterocycles. The quantitative estimate of drug-likeness (QED) is 0.590. The number of hydrogen-bond donors (Lipinski definition) is 0. The van der Waals surface area contributed by atoms with E-state index in [1.807, 2.05) is 0 Å². The Kier molecular flexibility index (Phi) is 3.67. The molecule has 0 atom stereocenters. The summed E-state index contributed by atoms with van der Waals surface area (Å²) in [5.74, 6) is 0. The predicted molar refractivity (Wildman–Crippen MR) is 53.4 cm³/mol. The zero-order valence-corrected chi connectivity index (χ0v) is 9.13. The van der Waals surface area contributed by atoms with E-state index in [4.69, 9.17) is 11.6 Å². The van der Waals surface area contributed by atoms with Gasteiger partial charge in [0.2, 0.25) is 0 Å². The Bertz CT molecular complexity index is 389. The lowest BCUT2D eigenvalue weighted by Gasteiger charge is -2.09. The van der Waals surface area contributed by atoms with Crippen LogP contribution in [0, 0.1) is 0 Å². The van der Waals surface area contributed by atoms with Crippen LogP contribution in [0.15, 0.2) is 23.1 Å². The van der Waals surface area contributed by atoms with Gasteiger partial charge in [-0.1, -0.05) is 0 Å². The standard InChI is InChI=1S/C9H6ClF3OS/c1-15-7-4-5(9(11,12)13)2-3-6(7)8(10)14/h2-4H,1H3. The first-order valence-corrected chi connectivity index (χ1v) is 5.41. The summed E-state index contributed by atoms with van der Waals surface area (Å²) in [6.07, 6.45) is -2.82. The van der Waals surface area contributed by atoms with Gasteiger partial charge in [-0.3, -0.25) is 4.79 Å². The fraction of sp³-hybridized carbons (Fsp3) is 0.222. The third-order valence-corrected chi connectivity index (χ3v) is 2.72. The van der Waals surface area contributed by atoms with E-state index in [2.05, 4.69) is 0 Å². The predicted octanol–water partition coefficient (Wildman–Crippen LogP) is 3.81. The molecule has 0 radical (unpaired) electrons. The zero-order valence-electron chi connectivity index (χ0n) is 7.56. The molecule has 0 amide bonds. The lowest BCUT2D eigenvalue weighted by atomic mass is 10.1. The molecule has 0 saturated carbocycles. The van der Waals surface area contributed by atoms with Gasteiger partial charge in [0.15, 0.2) is 0 Å². The van der Waals surface area contributed by atoms with Crippen LogP contribution in [0.1, 0.15) is 15.9 Å². The summed E-state index contributed by atoms with van der Waals surface area (Å²) in [5.41, 5.74) is -0.689. The molecule has 0 N–H and O–H groups in total. The molecule has 0 fully saturated rings. The SMILES string of the molecule is CSc1cc(C(F)(F)F)ccc1C(=O)Cl. The van der Waals surface area contributed by atoms with Crippen molar-refractivity contribution in [3.8, 4) is 0 Å². The second-order valence-corrected chi connectivity index (χ2v) is 3.88. The molecule has 1 aromatic rings. The third kappa shape index (κ3) is 2.89. The maximum absolute atomic E-state index is 12.3. The van der Waals surface area contributed by atoms with Crippen LogP contribution in [0.3, 0.4) is 0 Å². The van der Waals surface area contributed by atoms with Crippen LogP contribution in [0.25, 0.3) is 0 Å². The normalized spacial score (nSPS) is 11.5. The first kappa shape index (κ1) is 12.4. The molecular formula is C9H6ClF3OS. The summed E-state index contributed by atoms with van der Waals surface area (Å²) in [5, 5.41) is -0.756. The lowest BCUT2D eigenvalue weighted by Crippen LogP contribution is -2.06. The van der Waals surface area contributed by atoms with E-state index in [-0.39, 0.29) is 10.5 Å². The molecule has 1 rings (SSSR count). The number of halogens is 4. The van der Waals surface area contributed by atoms with Crippen LogP contribution in [-0.4, -0.2) is 11.5 Å². The number of carbonyl (C=O) groups is 1. The second kappa shape index (κ2) is 4.45. The van der Waals surface area contributed by atoms with Crippen LogP contribution in [-0.2, 0) is 6.18 Å². The van der Waals surface area contributed by atoms with Crippen molar-refractivity contribution in [2.75, 3.05) is 6.26 Å². The highest BCUT2D eigenvalue weighted by atomic mass is 35.5. The Morgan fingerprint density at radius 2 is 2.00 bits per heavy atom. The highest BCUT2D eigenvalue weighted by Crippen LogP contribution is 2.33. The van der Waals surface area contributed by atoms with Gasteiger partial charge in [0.25, 0.3) is 5.24 Å². The van der Waals surface area contributed by atoms with Gasteiger partial charge in [-0.15, -0.1) is 11.8 Å². The molecule has 0 aromatic heterocycles. The highest BCUT2D eigenvalue weighted by molar-refractivity contribution is 7.98. The summed E-state index contributed by atoms with van der Waals surface area (Å²) in [6.45, 7) is 0. The van der Waals surface area contributed by atoms with Crippen LogP contribution >= 0.6 is 23.4 Å². The van der Waals surface area contributed by atoms with Crippen molar-refractivity contribution in [3.05, 3.63) is 29.3 Å². The molecule has 0 heterocycles. The Labute approximate surface area is 93.6 Å². The number of carbonyl (C=O) groups excluding carboxylic acids is 1. The van der Waals surface area contributed by atoms with Gasteiger partial charge in [-0.05, 0) is 36.1 Å². The molecule has 0 saturated heterocycles. The van der Waals surface area contributed by atoms with Crippen molar-refractivity contribution in [3.63, 3.8) is 0 Å². The monoisotopic (exact) mass is 254 g/mol. The molecule has 15 heavy (non-hydrogen) atoms. The van der Waals surface area contributed by atoms with E-state index in [1.165, 1.54) is 0 Å². The molecule has 0 bridgehead atoms. The molecule has 0 aliphatic carbocycles. The number of hydrogen-bond acceptors (Lipinski definition) is 2. The van der Waals surface area contributed by atoms with Crippen LogP contribution in [0.5, 0.6) is 0 Å². The topological polar surface area (TPSA) is 17.1 Å². The van der Waals surface area contributed by atoms with E-state index in [1.54, 1.807) is 6.26 Å². The first-order chi connectivity index (χ1) is 6.86. The van der Waals surface area contributed by atoms with Crippen molar-refractivity contribution >= 4 is 28.6 Å². The fourth-order valence-electron chi connectivity index (χ4n) is 1.03. The molecule has 0 aliphatic rings. The van der Waals surface area contributed by atoms with Gasteiger partial charge in [-0.25, -0.2) is 0 Å². The Hall–Kier alpha value is -0.680. The summed E-state index contributed by atoms with van der Waals surface area (Å²) < 4.78 is 36.9. The van der Waals surface area contributed by atoms with Crippen molar-refractivity contribution in [2.24, 2.45) is 0 Å². The molecule has 1 aromatic carbocycles. The van der Waals surface area contributed by atoms with Crippen LogP contribution in [0.4, 0.5) is 13.2 Å². The third-order valence-electron chi connectivity index (χ3n) is 1.74.